The van der Waals surface area contributed by atoms with Crippen LogP contribution in [0.1, 0.15) is 37.2 Å². The molecule has 0 radical (unpaired) electrons. The van der Waals surface area contributed by atoms with E-state index in [1.54, 1.807) is 25.4 Å². The minimum atomic E-state index is -0.431. The molecule has 0 saturated heterocycles. The third kappa shape index (κ3) is 2.77. The van der Waals surface area contributed by atoms with Gasteiger partial charge in [-0.05, 0) is 26.0 Å². The summed E-state index contributed by atoms with van der Waals surface area (Å²) in [5.74, 6) is 0.637. The molecule has 0 spiro atoms. The van der Waals surface area contributed by atoms with Crippen LogP contribution >= 0.6 is 23.2 Å². The van der Waals surface area contributed by atoms with Crippen LogP contribution in [0, 0.1) is 0 Å². The second-order valence-electron chi connectivity index (χ2n) is 4.78. The van der Waals surface area contributed by atoms with Crippen LogP contribution in [0.4, 0.5) is 0 Å². The van der Waals surface area contributed by atoms with E-state index in [0.717, 1.165) is 11.3 Å². The molecule has 1 aromatic carbocycles. The molecule has 0 aliphatic heterocycles. The van der Waals surface area contributed by atoms with Crippen LogP contribution in [-0.2, 0) is 0 Å². The van der Waals surface area contributed by atoms with E-state index in [2.05, 4.69) is 5.10 Å². The predicted octanol–water partition coefficient (Wildman–Crippen LogP) is 3.83. The summed E-state index contributed by atoms with van der Waals surface area (Å²) in [5.41, 5.74) is 7.94. The maximum absolute atomic E-state index is 6.36. The smallest absolute Gasteiger partial charge is 0.125 e. The van der Waals surface area contributed by atoms with Crippen LogP contribution in [0.2, 0.25) is 10.0 Å². The number of nitrogens with two attached hydrogens (primary N) is 1. The summed E-state index contributed by atoms with van der Waals surface area (Å²) < 4.78 is 7.17. The van der Waals surface area contributed by atoms with Gasteiger partial charge >= 0.3 is 0 Å². The van der Waals surface area contributed by atoms with Crippen molar-refractivity contribution in [2.45, 2.75) is 25.9 Å². The van der Waals surface area contributed by atoms with Gasteiger partial charge in [-0.1, -0.05) is 29.3 Å². The Morgan fingerprint density at radius 2 is 2.00 bits per heavy atom. The molecule has 20 heavy (non-hydrogen) atoms. The van der Waals surface area contributed by atoms with Crippen molar-refractivity contribution in [2.75, 3.05) is 7.11 Å². The zero-order valence-electron chi connectivity index (χ0n) is 11.6. The Morgan fingerprint density at radius 1 is 1.30 bits per heavy atom. The molecule has 2 rings (SSSR count). The van der Waals surface area contributed by atoms with Gasteiger partial charge in [0.15, 0.2) is 0 Å². The first-order valence-corrected chi connectivity index (χ1v) is 7.03. The summed E-state index contributed by atoms with van der Waals surface area (Å²) in [7, 11) is 1.59. The average molecular weight is 314 g/mol. The zero-order chi connectivity index (χ0) is 14.9. The number of rotatable bonds is 4. The van der Waals surface area contributed by atoms with Crippen LogP contribution in [0.25, 0.3) is 0 Å². The van der Waals surface area contributed by atoms with Crippen molar-refractivity contribution in [2.24, 2.45) is 5.73 Å². The van der Waals surface area contributed by atoms with Gasteiger partial charge < -0.3 is 10.5 Å². The third-order valence-corrected chi connectivity index (χ3v) is 3.63. The fraction of sp³-hybridized carbons (Fsp3) is 0.357. The molecule has 108 valence electrons. The number of aromatic nitrogens is 2. The van der Waals surface area contributed by atoms with E-state index in [4.69, 9.17) is 33.7 Å². The lowest BCUT2D eigenvalue weighted by molar-refractivity contribution is 0.406. The first kappa shape index (κ1) is 15.2. The quantitative estimate of drug-likeness (QED) is 0.933. The molecule has 4 nitrogen and oxygen atoms in total. The molecule has 0 amide bonds. The summed E-state index contributed by atoms with van der Waals surface area (Å²) in [6, 6.07) is 5.10. The van der Waals surface area contributed by atoms with Crippen LogP contribution in [0.15, 0.2) is 24.4 Å². The normalized spacial score (nSPS) is 12.8. The maximum Gasteiger partial charge on any atom is 0.125 e. The van der Waals surface area contributed by atoms with Gasteiger partial charge in [-0.3, -0.25) is 4.68 Å². The van der Waals surface area contributed by atoms with E-state index in [1.165, 1.54) is 0 Å². The SMILES string of the molecule is COc1cc(Cl)ccc1C(N)c1c(Cl)cnn1C(C)C. The van der Waals surface area contributed by atoms with Gasteiger partial charge in [0.1, 0.15) is 5.75 Å². The van der Waals surface area contributed by atoms with Crippen LogP contribution in [0.5, 0.6) is 5.75 Å². The second-order valence-corrected chi connectivity index (χ2v) is 5.62. The van der Waals surface area contributed by atoms with Crippen LogP contribution in [-0.4, -0.2) is 16.9 Å². The highest BCUT2D eigenvalue weighted by atomic mass is 35.5. The Morgan fingerprint density at radius 3 is 2.60 bits per heavy atom. The van der Waals surface area contributed by atoms with Crippen molar-refractivity contribution in [3.05, 3.63) is 45.7 Å². The van der Waals surface area contributed by atoms with Gasteiger partial charge in [0.2, 0.25) is 0 Å². The molecule has 0 aliphatic carbocycles. The van der Waals surface area contributed by atoms with E-state index in [-0.39, 0.29) is 6.04 Å². The van der Waals surface area contributed by atoms with Gasteiger partial charge in [-0.15, -0.1) is 0 Å². The Balaban J connectivity index is 2.51. The van der Waals surface area contributed by atoms with E-state index in [0.29, 0.717) is 15.8 Å². The van der Waals surface area contributed by atoms with Crippen LogP contribution < -0.4 is 10.5 Å². The summed E-state index contributed by atoms with van der Waals surface area (Å²) in [6.07, 6.45) is 1.61. The molecule has 1 aromatic heterocycles. The minimum Gasteiger partial charge on any atom is -0.496 e. The average Bonchev–Trinajstić information content (AvgIpc) is 2.79. The maximum atomic E-state index is 6.36. The van der Waals surface area contributed by atoms with Gasteiger partial charge in [0.25, 0.3) is 0 Å². The van der Waals surface area contributed by atoms with E-state index >= 15 is 0 Å². The highest BCUT2D eigenvalue weighted by molar-refractivity contribution is 6.31. The minimum absolute atomic E-state index is 0.168. The molecule has 0 fully saturated rings. The van der Waals surface area contributed by atoms with E-state index in [1.807, 2.05) is 24.6 Å². The van der Waals surface area contributed by atoms with Gasteiger partial charge in [0.05, 0.1) is 30.1 Å². The van der Waals surface area contributed by atoms with Gasteiger partial charge in [-0.25, -0.2) is 0 Å². The number of halogens is 2. The summed E-state index contributed by atoms with van der Waals surface area (Å²) in [5, 5.41) is 5.42. The summed E-state index contributed by atoms with van der Waals surface area (Å²) in [4.78, 5) is 0. The second kappa shape index (κ2) is 6.04. The monoisotopic (exact) mass is 313 g/mol. The zero-order valence-corrected chi connectivity index (χ0v) is 13.1. The lowest BCUT2D eigenvalue weighted by atomic mass is 10.0. The number of benzene rings is 1. The van der Waals surface area contributed by atoms with E-state index in [9.17, 15) is 0 Å². The predicted molar refractivity (Wildman–Crippen MR) is 81.7 cm³/mol. The molecule has 2 aromatic rings. The van der Waals surface area contributed by atoms with Crippen molar-refractivity contribution >= 4 is 23.2 Å². The fourth-order valence-corrected chi connectivity index (χ4v) is 2.55. The first-order chi connectivity index (χ1) is 9.45. The van der Waals surface area contributed by atoms with Crippen molar-refractivity contribution in [1.29, 1.82) is 0 Å². The number of hydrogen-bond acceptors (Lipinski definition) is 3. The van der Waals surface area contributed by atoms with Gasteiger partial charge in [-0.2, -0.15) is 5.10 Å². The molecular weight excluding hydrogens is 297 g/mol. The largest absolute Gasteiger partial charge is 0.496 e. The van der Waals surface area contributed by atoms with Crippen molar-refractivity contribution in [3.8, 4) is 5.75 Å². The fourth-order valence-electron chi connectivity index (χ4n) is 2.14. The highest BCUT2D eigenvalue weighted by Gasteiger charge is 2.22. The Hall–Kier alpha value is -1.23. The molecule has 1 heterocycles. The Kier molecular flexibility index (Phi) is 4.58. The van der Waals surface area contributed by atoms with Crippen molar-refractivity contribution in [3.63, 3.8) is 0 Å². The van der Waals surface area contributed by atoms with Gasteiger partial charge in [0, 0.05) is 16.6 Å². The molecular formula is C14H17Cl2N3O. The standard InChI is InChI=1S/C14H17Cl2N3O/c1-8(2)19-14(11(16)7-18-19)13(17)10-5-4-9(15)6-12(10)20-3/h4-8,13H,17H2,1-3H3. The number of nitrogens with zero attached hydrogens (tertiary/aromatic N) is 2. The first-order valence-electron chi connectivity index (χ1n) is 6.27. The molecule has 1 atom stereocenters. The molecule has 2 N–H and O–H groups in total. The molecule has 0 bridgehead atoms. The van der Waals surface area contributed by atoms with Crippen molar-refractivity contribution in [1.82, 2.24) is 9.78 Å². The van der Waals surface area contributed by atoms with Crippen molar-refractivity contribution < 1.29 is 4.74 Å². The molecule has 1 unspecified atom stereocenters. The topological polar surface area (TPSA) is 53.1 Å². The number of methoxy groups -OCH3 is 1. The van der Waals surface area contributed by atoms with Crippen LogP contribution in [0.3, 0.4) is 0 Å². The lowest BCUT2D eigenvalue weighted by Crippen LogP contribution is -2.19. The Bertz CT molecular complexity index is 610. The Labute approximate surface area is 128 Å². The number of ether oxygens (including phenoxy) is 1. The molecule has 0 saturated carbocycles. The third-order valence-electron chi connectivity index (χ3n) is 3.10. The summed E-state index contributed by atoms with van der Waals surface area (Å²) >= 11 is 12.2. The number of hydrogen-bond donors (Lipinski definition) is 1. The highest BCUT2D eigenvalue weighted by Crippen LogP contribution is 2.34. The van der Waals surface area contributed by atoms with E-state index < -0.39 is 6.04 Å². The molecule has 6 heteroatoms. The molecule has 0 aliphatic rings. The summed E-state index contributed by atoms with van der Waals surface area (Å²) in [6.45, 7) is 4.05. The lowest BCUT2D eigenvalue weighted by Gasteiger charge is -2.19.